The summed E-state index contributed by atoms with van der Waals surface area (Å²) in [5.41, 5.74) is 9.79. The Balaban J connectivity index is 2.21. The molecule has 3 rings (SSSR count). The lowest BCUT2D eigenvalue weighted by Crippen LogP contribution is -2.18. The van der Waals surface area contributed by atoms with Crippen molar-refractivity contribution in [2.24, 2.45) is 5.73 Å². The van der Waals surface area contributed by atoms with Crippen molar-refractivity contribution in [1.29, 1.82) is 0 Å². The summed E-state index contributed by atoms with van der Waals surface area (Å²) in [6, 6.07) is 10.7. The van der Waals surface area contributed by atoms with Crippen molar-refractivity contribution in [1.82, 2.24) is 4.98 Å². The molecule has 0 radical (unpaired) electrons. The van der Waals surface area contributed by atoms with Crippen molar-refractivity contribution >= 4 is 33.8 Å². The lowest BCUT2D eigenvalue weighted by Gasteiger charge is -2.23. The van der Waals surface area contributed by atoms with Gasteiger partial charge in [0, 0.05) is 17.8 Å². The molecule has 134 valence electrons. The minimum Gasteiger partial charge on any atom is -0.755 e. The van der Waals surface area contributed by atoms with Crippen LogP contribution in [0.15, 0.2) is 54.9 Å². The van der Waals surface area contributed by atoms with Gasteiger partial charge >= 0.3 is 0 Å². The molecule has 0 fully saturated rings. The molecule has 1 heterocycles. The predicted octanol–water partition coefficient (Wildman–Crippen LogP) is 3.38. The van der Waals surface area contributed by atoms with E-state index in [1.54, 1.807) is 37.3 Å². The smallest absolute Gasteiger partial charge is 0.250 e. The summed E-state index contributed by atoms with van der Waals surface area (Å²) in [5.74, 6) is -0.502. The number of nitrogens with two attached hydrogens (primary N) is 1. The van der Waals surface area contributed by atoms with Crippen molar-refractivity contribution in [3.8, 4) is 11.1 Å². The Morgan fingerprint density at radius 2 is 2.08 bits per heavy atom. The molecular weight excluding hydrogens is 350 g/mol. The summed E-state index contributed by atoms with van der Waals surface area (Å²) in [7, 11) is 0. The number of allylic oxidation sites excluding steroid dienone is 1. The number of aromatic amines is 1. The number of primary amides is 1. The van der Waals surface area contributed by atoms with E-state index in [4.69, 9.17) is 5.73 Å². The highest BCUT2D eigenvalue weighted by molar-refractivity contribution is 7.80. The van der Waals surface area contributed by atoms with Crippen LogP contribution >= 0.6 is 0 Å². The Bertz CT molecular complexity index is 1040. The van der Waals surface area contributed by atoms with Crippen LogP contribution in [-0.2, 0) is 11.3 Å². The highest BCUT2D eigenvalue weighted by Crippen LogP contribution is 2.34. The summed E-state index contributed by atoms with van der Waals surface area (Å²) >= 11 is -2.42. The normalized spacial score (nSPS) is 12.6. The van der Waals surface area contributed by atoms with Gasteiger partial charge < -0.3 is 15.3 Å². The number of rotatable bonds is 5. The molecule has 0 aliphatic heterocycles. The molecule has 6 nitrogen and oxygen atoms in total. The number of aromatic nitrogens is 1. The zero-order chi connectivity index (χ0) is 18.8. The number of benzene rings is 2. The van der Waals surface area contributed by atoms with E-state index in [-0.39, 0.29) is 0 Å². The first-order chi connectivity index (χ1) is 12.4. The molecule has 0 aliphatic rings. The standard InChI is InChI=1S/C19H19N3O3S/c1-3-9-22(26(24)25)14-6-4-5-13(10-14)15-7-8-16(19(20)23)18-17(15)12(2)11-21-18/h3-11,21H,1-2H3,(H2,20,23)(H,24,25)/p-1. The van der Waals surface area contributed by atoms with Crippen molar-refractivity contribution in [2.45, 2.75) is 13.8 Å². The van der Waals surface area contributed by atoms with E-state index in [1.807, 2.05) is 25.3 Å². The van der Waals surface area contributed by atoms with Crippen LogP contribution in [0.25, 0.3) is 22.0 Å². The zero-order valence-corrected chi connectivity index (χ0v) is 15.2. The Morgan fingerprint density at radius 1 is 1.31 bits per heavy atom. The van der Waals surface area contributed by atoms with Crippen molar-refractivity contribution in [3.05, 3.63) is 66.0 Å². The van der Waals surface area contributed by atoms with Gasteiger partial charge in [-0.2, -0.15) is 0 Å². The van der Waals surface area contributed by atoms with Gasteiger partial charge in [-0.3, -0.25) is 13.3 Å². The number of nitrogens with zero attached hydrogens (tertiary/aromatic N) is 1. The summed E-state index contributed by atoms with van der Waals surface area (Å²) in [6.45, 7) is 3.69. The molecule has 1 unspecified atom stereocenters. The fraction of sp³-hybridized carbons (Fsp3) is 0.105. The van der Waals surface area contributed by atoms with E-state index in [2.05, 4.69) is 4.98 Å². The van der Waals surface area contributed by atoms with Gasteiger partial charge in [-0.1, -0.05) is 24.3 Å². The molecular formula is C19H18N3O3S-. The minimum absolute atomic E-state index is 0.421. The number of anilines is 1. The third-order valence-electron chi connectivity index (χ3n) is 4.15. The number of fused-ring (bicyclic) bond motifs is 1. The third kappa shape index (κ3) is 3.14. The largest absolute Gasteiger partial charge is 0.755 e. The van der Waals surface area contributed by atoms with Crippen LogP contribution in [0.1, 0.15) is 22.8 Å². The molecule has 1 amide bonds. The minimum atomic E-state index is -2.42. The Morgan fingerprint density at radius 3 is 2.73 bits per heavy atom. The zero-order valence-electron chi connectivity index (χ0n) is 14.4. The molecule has 0 aliphatic carbocycles. The number of H-pyrrole nitrogens is 1. The first kappa shape index (κ1) is 17.9. The van der Waals surface area contributed by atoms with Crippen molar-refractivity contribution in [3.63, 3.8) is 0 Å². The molecule has 3 aromatic rings. The summed E-state index contributed by atoms with van der Waals surface area (Å²) < 4.78 is 24.2. The number of carbonyl (C=O) groups excluding carboxylic acids is 1. The second kappa shape index (κ2) is 7.15. The van der Waals surface area contributed by atoms with Gasteiger partial charge in [0.15, 0.2) is 0 Å². The molecule has 0 saturated carbocycles. The molecule has 26 heavy (non-hydrogen) atoms. The number of amides is 1. The first-order valence-corrected chi connectivity index (χ1v) is 8.99. The monoisotopic (exact) mass is 368 g/mol. The first-order valence-electron chi connectivity index (χ1n) is 7.96. The van der Waals surface area contributed by atoms with Crippen molar-refractivity contribution in [2.75, 3.05) is 4.31 Å². The molecule has 0 saturated heterocycles. The maximum Gasteiger partial charge on any atom is 0.250 e. The van der Waals surface area contributed by atoms with Gasteiger partial charge in [0.05, 0.1) is 28.0 Å². The number of hydrogen-bond donors (Lipinski definition) is 2. The lowest BCUT2D eigenvalue weighted by molar-refractivity contribution is 0.100. The van der Waals surface area contributed by atoms with Gasteiger partial charge in [-0.15, -0.1) is 0 Å². The van der Waals surface area contributed by atoms with Crippen LogP contribution in [0, 0.1) is 6.92 Å². The fourth-order valence-electron chi connectivity index (χ4n) is 3.03. The van der Waals surface area contributed by atoms with Gasteiger partial charge in [-0.05, 0) is 48.7 Å². The Hall–Kier alpha value is -2.90. The second-order valence-electron chi connectivity index (χ2n) is 5.82. The van der Waals surface area contributed by atoms with Gasteiger partial charge in [0.1, 0.15) is 0 Å². The van der Waals surface area contributed by atoms with Crippen molar-refractivity contribution < 1.29 is 13.6 Å². The topological polar surface area (TPSA) is 102 Å². The molecule has 1 atom stereocenters. The van der Waals surface area contributed by atoms with Gasteiger partial charge in [0.25, 0.3) is 5.91 Å². The number of aryl methyl sites for hydroxylation is 1. The number of carbonyl (C=O) groups is 1. The molecule has 2 aromatic carbocycles. The summed E-state index contributed by atoms with van der Waals surface area (Å²) in [4.78, 5) is 14.8. The lowest BCUT2D eigenvalue weighted by atomic mass is 9.96. The van der Waals surface area contributed by atoms with Crippen LogP contribution in [-0.4, -0.2) is 19.7 Å². The molecule has 1 aromatic heterocycles. The SMILES string of the molecule is CC=CN(c1cccc(-c2ccc(C(N)=O)c3[nH]cc(C)c23)c1)S(=O)[O-]. The van der Waals surface area contributed by atoms with E-state index < -0.39 is 17.2 Å². The average molecular weight is 368 g/mol. The summed E-state index contributed by atoms with van der Waals surface area (Å²) in [6.07, 6.45) is 4.96. The average Bonchev–Trinajstić information content (AvgIpc) is 3.00. The van der Waals surface area contributed by atoms with Gasteiger partial charge in [0.2, 0.25) is 0 Å². The maximum absolute atomic E-state index is 11.7. The fourth-order valence-corrected chi connectivity index (χ4v) is 3.54. The van der Waals surface area contributed by atoms with E-state index >= 15 is 0 Å². The van der Waals surface area contributed by atoms with E-state index in [0.717, 1.165) is 26.4 Å². The highest BCUT2D eigenvalue weighted by atomic mass is 32.2. The quantitative estimate of drug-likeness (QED) is 0.675. The van der Waals surface area contributed by atoms with Crippen LogP contribution in [0.4, 0.5) is 5.69 Å². The third-order valence-corrected chi connectivity index (χ3v) is 4.81. The van der Waals surface area contributed by atoms with Gasteiger partial charge in [-0.25, -0.2) is 0 Å². The van der Waals surface area contributed by atoms with Crippen LogP contribution in [0.2, 0.25) is 0 Å². The molecule has 0 bridgehead atoms. The van der Waals surface area contributed by atoms with Crippen LogP contribution < -0.4 is 10.0 Å². The predicted molar refractivity (Wildman–Crippen MR) is 103 cm³/mol. The molecule has 7 heteroatoms. The van der Waals surface area contributed by atoms with E-state index in [1.165, 1.54) is 6.20 Å². The Labute approximate surface area is 153 Å². The Kier molecular flexibility index (Phi) is 4.92. The number of hydrogen-bond acceptors (Lipinski definition) is 3. The molecule has 3 N–H and O–H groups in total. The van der Waals surface area contributed by atoms with Crippen LogP contribution in [0.5, 0.6) is 0 Å². The van der Waals surface area contributed by atoms with Crippen LogP contribution in [0.3, 0.4) is 0 Å². The van der Waals surface area contributed by atoms with E-state index in [0.29, 0.717) is 16.8 Å². The summed E-state index contributed by atoms with van der Waals surface area (Å²) in [5, 5.41) is 0.888. The molecule has 0 spiro atoms. The second-order valence-corrected chi connectivity index (χ2v) is 6.65. The highest BCUT2D eigenvalue weighted by Gasteiger charge is 2.15. The number of nitrogens with one attached hydrogen (secondary N) is 1. The van der Waals surface area contributed by atoms with E-state index in [9.17, 15) is 13.6 Å². The maximum atomic E-state index is 11.7.